The van der Waals surface area contributed by atoms with Crippen LogP contribution in [0.25, 0.3) is 0 Å². The van der Waals surface area contributed by atoms with Crippen molar-refractivity contribution in [3.8, 4) is 0 Å². The van der Waals surface area contributed by atoms with Gasteiger partial charge in [0, 0.05) is 7.11 Å². The number of rotatable bonds is 5. The van der Waals surface area contributed by atoms with Crippen molar-refractivity contribution in [2.75, 3.05) is 20.8 Å². The molecule has 0 bridgehead atoms. The van der Waals surface area contributed by atoms with Crippen LogP contribution in [0.1, 0.15) is 26.7 Å². The molecule has 0 atom stereocenters. The van der Waals surface area contributed by atoms with E-state index < -0.39 is 5.41 Å². The summed E-state index contributed by atoms with van der Waals surface area (Å²) in [4.78, 5) is 11.4. The van der Waals surface area contributed by atoms with E-state index >= 15 is 0 Å². The third-order valence-corrected chi connectivity index (χ3v) is 2.39. The number of esters is 1. The molecule has 0 spiro atoms. The van der Waals surface area contributed by atoms with Crippen LogP contribution < -0.4 is 0 Å². The van der Waals surface area contributed by atoms with Gasteiger partial charge in [0.2, 0.25) is 0 Å². The van der Waals surface area contributed by atoms with Gasteiger partial charge in [-0.2, -0.15) is 0 Å². The van der Waals surface area contributed by atoms with Gasteiger partial charge >= 0.3 is 5.97 Å². The molecule has 0 N–H and O–H groups in total. The molecule has 0 heterocycles. The molecular formula is C9H18O3. The zero-order chi connectivity index (χ0) is 9.61. The summed E-state index contributed by atoms with van der Waals surface area (Å²) in [7, 11) is 3.01. The Morgan fingerprint density at radius 3 is 2.00 bits per heavy atom. The first kappa shape index (κ1) is 11.4. The lowest BCUT2D eigenvalue weighted by Crippen LogP contribution is -2.35. The monoisotopic (exact) mass is 174 g/mol. The molecule has 0 aliphatic heterocycles. The summed E-state index contributed by atoms with van der Waals surface area (Å²) in [5.41, 5.74) is -0.441. The largest absolute Gasteiger partial charge is 0.469 e. The SMILES string of the molecule is CCC(CC)(COC)C(=O)OC. The lowest BCUT2D eigenvalue weighted by atomic mass is 9.83. The fourth-order valence-corrected chi connectivity index (χ4v) is 1.29. The normalized spacial score (nSPS) is 11.3. The Balaban J connectivity index is 4.44. The van der Waals surface area contributed by atoms with Crippen LogP contribution >= 0.6 is 0 Å². The molecule has 0 aromatic carbocycles. The first-order valence-corrected chi connectivity index (χ1v) is 4.24. The highest BCUT2D eigenvalue weighted by Gasteiger charge is 2.35. The van der Waals surface area contributed by atoms with E-state index in [-0.39, 0.29) is 5.97 Å². The predicted molar refractivity (Wildman–Crippen MR) is 46.9 cm³/mol. The van der Waals surface area contributed by atoms with Gasteiger partial charge in [0.05, 0.1) is 19.1 Å². The summed E-state index contributed by atoms with van der Waals surface area (Å²) in [6.07, 6.45) is 1.51. The van der Waals surface area contributed by atoms with Crippen LogP contribution in [0.5, 0.6) is 0 Å². The maximum atomic E-state index is 11.4. The van der Waals surface area contributed by atoms with Crippen molar-refractivity contribution in [2.24, 2.45) is 5.41 Å². The van der Waals surface area contributed by atoms with Gasteiger partial charge in [-0.25, -0.2) is 0 Å². The van der Waals surface area contributed by atoms with Gasteiger partial charge in [0.1, 0.15) is 0 Å². The van der Waals surface area contributed by atoms with Gasteiger partial charge < -0.3 is 9.47 Å². The second kappa shape index (κ2) is 5.14. The van der Waals surface area contributed by atoms with Crippen molar-refractivity contribution in [2.45, 2.75) is 26.7 Å². The average Bonchev–Trinajstić information content (AvgIpc) is 2.13. The number of carbonyl (C=O) groups is 1. The molecule has 12 heavy (non-hydrogen) atoms. The standard InChI is InChI=1S/C9H18O3/c1-5-9(6-2,7-11-3)8(10)12-4/h5-7H2,1-4H3. The van der Waals surface area contributed by atoms with E-state index in [2.05, 4.69) is 0 Å². The minimum atomic E-state index is -0.441. The molecule has 0 saturated carbocycles. The molecule has 0 aromatic rings. The molecule has 0 fully saturated rings. The number of methoxy groups -OCH3 is 2. The summed E-state index contributed by atoms with van der Waals surface area (Å²) in [5, 5.41) is 0. The van der Waals surface area contributed by atoms with Crippen LogP contribution in [-0.2, 0) is 14.3 Å². The van der Waals surface area contributed by atoms with E-state index in [1.807, 2.05) is 13.8 Å². The van der Waals surface area contributed by atoms with Crippen molar-refractivity contribution in [3.63, 3.8) is 0 Å². The maximum Gasteiger partial charge on any atom is 0.314 e. The Labute approximate surface area is 74.0 Å². The third-order valence-electron chi connectivity index (χ3n) is 2.39. The number of hydrogen-bond acceptors (Lipinski definition) is 3. The predicted octanol–water partition coefficient (Wildman–Crippen LogP) is 1.61. The summed E-state index contributed by atoms with van der Waals surface area (Å²) < 4.78 is 9.74. The molecule has 0 unspecified atom stereocenters. The van der Waals surface area contributed by atoms with Crippen LogP contribution in [0, 0.1) is 5.41 Å². The molecule has 3 nitrogen and oxygen atoms in total. The molecule has 0 rings (SSSR count). The third kappa shape index (κ3) is 2.21. The van der Waals surface area contributed by atoms with E-state index in [0.717, 1.165) is 12.8 Å². The molecule has 0 amide bonds. The first-order chi connectivity index (χ1) is 5.66. The van der Waals surface area contributed by atoms with Crippen molar-refractivity contribution in [1.82, 2.24) is 0 Å². The van der Waals surface area contributed by atoms with Gasteiger partial charge in [-0.3, -0.25) is 4.79 Å². The highest BCUT2D eigenvalue weighted by Crippen LogP contribution is 2.27. The summed E-state index contributed by atoms with van der Waals surface area (Å²) in [5.74, 6) is -0.172. The molecule has 0 aromatic heterocycles. The van der Waals surface area contributed by atoms with Crippen LogP contribution in [0.15, 0.2) is 0 Å². The van der Waals surface area contributed by atoms with Gasteiger partial charge in [-0.1, -0.05) is 13.8 Å². The lowest BCUT2D eigenvalue weighted by molar-refractivity contribution is -0.156. The van der Waals surface area contributed by atoms with Gasteiger partial charge in [0.15, 0.2) is 0 Å². The topological polar surface area (TPSA) is 35.5 Å². The Morgan fingerprint density at radius 1 is 1.25 bits per heavy atom. The average molecular weight is 174 g/mol. The van der Waals surface area contributed by atoms with Crippen molar-refractivity contribution < 1.29 is 14.3 Å². The second-order valence-electron chi connectivity index (χ2n) is 2.91. The molecule has 0 radical (unpaired) electrons. The Kier molecular flexibility index (Phi) is 4.90. The quantitative estimate of drug-likeness (QED) is 0.594. The minimum Gasteiger partial charge on any atom is -0.469 e. The molecule has 3 heteroatoms. The summed E-state index contributed by atoms with van der Waals surface area (Å²) in [6.45, 7) is 4.38. The summed E-state index contributed by atoms with van der Waals surface area (Å²) >= 11 is 0. The number of ether oxygens (including phenoxy) is 2. The zero-order valence-electron chi connectivity index (χ0n) is 8.35. The van der Waals surface area contributed by atoms with E-state index in [4.69, 9.17) is 9.47 Å². The lowest BCUT2D eigenvalue weighted by Gasteiger charge is -2.27. The van der Waals surface area contributed by atoms with Crippen LogP contribution in [0.2, 0.25) is 0 Å². The minimum absolute atomic E-state index is 0.172. The number of carbonyl (C=O) groups excluding carboxylic acids is 1. The maximum absolute atomic E-state index is 11.4. The highest BCUT2D eigenvalue weighted by molar-refractivity contribution is 5.76. The Morgan fingerprint density at radius 2 is 1.75 bits per heavy atom. The van der Waals surface area contributed by atoms with Crippen molar-refractivity contribution >= 4 is 5.97 Å². The fourth-order valence-electron chi connectivity index (χ4n) is 1.29. The van der Waals surface area contributed by atoms with Crippen LogP contribution in [-0.4, -0.2) is 26.8 Å². The van der Waals surface area contributed by atoms with Gasteiger partial charge in [-0.05, 0) is 12.8 Å². The second-order valence-corrected chi connectivity index (χ2v) is 2.91. The smallest absolute Gasteiger partial charge is 0.314 e. The van der Waals surface area contributed by atoms with Crippen LogP contribution in [0.4, 0.5) is 0 Å². The molecule has 0 aliphatic carbocycles. The number of hydrogen-bond donors (Lipinski definition) is 0. The van der Waals surface area contributed by atoms with Crippen LogP contribution in [0.3, 0.4) is 0 Å². The zero-order valence-corrected chi connectivity index (χ0v) is 8.35. The molecule has 72 valence electrons. The van der Waals surface area contributed by atoms with E-state index in [9.17, 15) is 4.79 Å². The Hall–Kier alpha value is -0.570. The molecule has 0 saturated heterocycles. The molecule has 0 aliphatic rings. The Bertz CT molecular complexity index is 139. The van der Waals surface area contributed by atoms with E-state index in [1.165, 1.54) is 7.11 Å². The first-order valence-electron chi connectivity index (χ1n) is 4.24. The summed E-state index contributed by atoms with van der Waals surface area (Å²) in [6, 6.07) is 0. The highest BCUT2D eigenvalue weighted by atomic mass is 16.5. The van der Waals surface area contributed by atoms with Crippen molar-refractivity contribution in [1.29, 1.82) is 0 Å². The van der Waals surface area contributed by atoms with Gasteiger partial charge in [0.25, 0.3) is 0 Å². The van der Waals surface area contributed by atoms with E-state index in [1.54, 1.807) is 7.11 Å². The van der Waals surface area contributed by atoms with Gasteiger partial charge in [-0.15, -0.1) is 0 Å². The van der Waals surface area contributed by atoms with E-state index in [0.29, 0.717) is 6.61 Å². The fraction of sp³-hybridized carbons (Fsp3) is 0.889. The molecular weight excluding hydrogens is 156 g/mol. The van der Waals surface area contributed by atoms with Crippen molar-refractivity contribution in [3.05, 3.63) is 0 Å².